The first kappa shape index (κ1) is 14.8. The SMILES string of the molecule is CCCCCCOCc1ccc(O)c2nc(C)ccc12. The predicted molar refractivity (Wildman–Crippen MR) is 81.9 cm³/mol. The topological polar surface area (TPSA) is 42.4 Å². The average molecular weight is 273 g/mol. The Hall–Kier alpha value is -1.61. The van der Waals surface area contributed by atoms with Crippen LogP contribution in [0.25, 0.3) is 10.9 Å². The van der Waals surface area contributed by atoms with Crippen LogP contribution in [0.1, 0.15) is 43.9 Å². The first-order chi connectivity index (χ1) is 9.72. The second kappa shape index (κ2) is 7.25. The van der Waals surface area contributed by atoms with Crippen molar-refractivity contribution in [2.45, 2.75) is 46.1 Å². The number of fused-ring (bicyclic) bond motifs is 1. The Bertz CT molecular complexity index is 566. The minimum absolute atomic E-state index is 0.232. The van der Waals surface area contributed by atoms with Gasteiger partial charge in [0.2, 0.25) is 0 Å². The lowest BCUT2D eigenvalue weighted by Crippen LogP contribution is -1.97. The second-order valence-corrected chi connectivity index (χ2v) is 5.21. The molecule has 20 heavy (non-hydrogen) atoms. The van der Waals surface area contributed by atoms with Gasteiger partial charge in [-0.05, 0) is 31.0 Å². The third kappa shape index (κ3) is 3.70. The molecule has 3 heteroatoms. The monoisotopic (exact) mass is 273 g/mol. The predicted octanol–water partition coefficient (Wildman–Crippen LogP) is 4.35. The minimum atomic E-state index is 0.232. The molecular formula is C17H23NO2. The van der Waals surface area contributed by atoms with Crippen LogP contribution >= 0.6 is 0 Å². The van der Waals surface area contributed by atoms with Gasteiger partial charge in [0.05, 0.1) is 6.61 Å². The van der Waals surface area contributed by atoms with Crippen molar-refractivity contribution in [3.8, 4) is 5.75 Å². The highest BCUT2D eigenvalue weighted by Gasteiger charge is 2.07. The Morgan fingerprint density at radius 3 is 2.75 bits per heavy atom. The van der Waals surface area contributed by atoms with Gasteiger partial charge in [0.15, 0.2) is 0 Å². The van der Waals surface area contributed by atoms with Crippen molar-refractivity contribution in [1.29, 1.82) is 0 Å². The summed E-state index contributed by atoms with van der Waals surface area (Å²) in [6, 6.07) is 7.59. The standard InChI is InChI=1S/C17H23NO2/c1-3-4-5-6-11-20-12-14-8-10-16(19)17-15(14)9-7-13(2)18-17/h7-10,19H,3-6,11-12H2,1-2H3. The van der Waals surface area contributed by atoms with Gasteiger partial charge in [-0.15, -0.1) is 0 Å². The molecule has 1 aromatic carbocycles. The summed E-state index contributed by atoms with van der Waals surface area (Å²) in [6.45, 7) is 5.50. The minimum Gasteiger partial charge on any atom is -0.506 e. The maximum atomic E-state index is 9.89. The Morgan fingerprint density at radius 1 is 1.10 bits per heavy atom. The highest BCUT2D eigenvalue weighted by atomic mass is 16.5. The van der Waals surface area contributed by atoms with Crippen LogP contribution in [0, 0.1) is 6.92 Å². The zero-order valence-corrected chi connectivity index (χ0v) is 12.4. The lowest BCUT2D eigenvalue weighted by Gasteiger charge is -2.09. The number of phenols is 1. The number of aromatic nitrogens is 1. The lowest BCUT2D eigenvalue weighted by atomic mass is 10.1. The molecular weight excluding hydrogens is 250 g/mol. The van der Waals surface area contributed by atoms with Gasteiger partial charge in [0.1, 0.15) is 11.3 Å². The van der Waals surface area contributed by atoms with Crippen molar-refractivity contribution < 1.29 is 9.84 Å². The molecule has 2 aromatic rings. The first-order valence-corrected chi connectivity index (χ1v) is 7.38. The molecule has 0 unspecified atom stereocenters. The van der Waals surface area contributed by atoms with Gasteiger partial charge in [-0.25, -0.2) is 4.98 Å². The van der Waals surface area contributed by atoms with Gasteiger partial charge in [0.25, 0.3) is 0 Å². The van der Waals surface area contributed by atoms with Crippen molar-refractivity contribution in [3.63, 3.8) is 0 Å². The number of hydrogen-bond donors (Lipinski definition) is 1. The van der Waals surface area contributed by atoms with E-state index >= 15 is 0 Å². The number of benzene rings is 1. The molecule has 1 aromatic heterocycles. The van der Waals surface area contributed by atoms with Gasteiger partial charge in [-0.2, -0.15) is 0 Å². The molecule has 0 aliphatic heterocycles. The second-order valence-electron chi connectivity index (χ2n) is 5.21. The Balaban J connectivity index is 2.02. The summed E-state index contributed by atoms with van der Waals surface area (Å²) in [5.74, 6) is 0.232. The molecule has 0 amide bonds. The quantitative estimate of drug-likeness (QED) is 0.763. The van der Waals surface area contributed by atoms with Crippen molar-refractivity contribution >= 4 is 10.9 Å². The fourth-order valence-electron chi connectivity index (χ4n) is 2.30. The molecule has 0 spiro atoms. The molecule has 1 N–H and O–H groups in total. The molecule has 0 saturated heterocycles. The molecule has 0 radical (unpaired) electrons. The number of aryl methyl sites for hydroxylation is 1. The Labute approximate surface area is 120 Å². The van der Waals surface area contributed by atoms with E-state index in [1.54, 1.807) is 6.07 Å². The summed E-state index contributed by atoms with van der Waals surface area (Å²) in [6.07, 6.45) is 4.86. The number of hydrogen-bond acceptors (Lipinski definition) is 3. The van der Waals surface area contributed by atoms with Crippen LogP contribution in [0.15, 0.2) is 24.3 Å². The molecule has 1 heterocycles. The normalized spacial score (nSPS) is 11.1. The first-order valence-electron chi connectivity index (χ1n) is 7.38. The number of unbranched alkanes of at least 4 members (excludes halogenated alkanes) is 3. The van der Waals surface area contributed by atoms with E-state index in [9.17, 15) is 5.11 Å². The third-order valence-corrected chi connectivity index (χ3v) is 3.47. The summed E-state index contributed by atoms with van der Waals surface area (Å²) in [5.41, 5.74) is 2.66. The van der Waals surface area contributed by atoms with Crippen molar-refractivity contribution in [3.05, 3.63) is 35.5 Å². The highest BCUT2D eigenvalue weighted by Crippen LogP contribution is 2.26. The van der Waals surface area contributed by atoms with Crippen molar-refractivity contribution in [2.24, 2.45) is 0 Å². The zero-order chi connectivity index (χ0) is 14.4. The highest BCUT2D eigenvalue weighted by molar-refractivity contribution is 5.87. The van der Waals surface area contributed by atoms with E-state index in [2.05, 4.69) is 11.9 Å². The maximum absolute atomic E-state index is 9.89. The van der Waals surface area contributed by atoms with E-state index in [1.165, 1.54) is 19.3 Å². The summed E-state index contributed by atoms with van der Waals surface area (Å²) in [4.78, 5) is 4.40. The Morgan fingerprint density at radius 2 is 1.95 bits per heavy atom. The van der Waals surface area contributed by atoms with E-state index in [0.717, 1.165) is 29.7 Å². The molecule has 0 atom stereocenters. The van der Waals surface area contributed by atoms with Crippen LogP contribution in [0.5, 0.6) is 5.75 Å². The van der Waals surface area contributed by atoms with E-state index in [4.69, 9.17) is 4.74 Å². The van der Waals surface area contributed by atoms with Gasteiger partial charge < -0.3 is 9.84 Å². The molecule has 0 fully saturated rings. The third-order valence-electron chi connectivity index (χ3n) is 3.47. The van der Waals surface area contributed by atoms with Crippen LogP contribution in [0.2, 0.25) is 0 Å². The lowest BCUT2D eigenvalue weighted by molar-refractivity contribution is 0.117. The van der Waals surface area contributed by atoms with Gasteiger partial charge in [-0.3, -0.25) is 0 Å². The summed E-state index contributed by atoms with van der Waals surface area (Å²) >= 11 is 0. The number of aromatic hydroxyl groups is 1. The molecule has 3 nitrogen and oxygen atoms in total. The fraction of sp³-hybridized carbons (Fsp3) is 0.471. The molecule has 0 saturated carbocycles. The summed E-state index contributed by atoms with van der Waals surface area (Å²) < 4.78 is 5.74. The molecule has 0 aliphatic carbocycles. The van der Waals surface area contributed by atoms with Crippen LogP contribution in [0.3, 0.4) is 0 Å². The largest absolute Gasteiger partial charge is 0.506 e. The van der Waals surface area contributed by atoms with Crippen molar-refractivity contribution in [2.75, 3.05) is 6.61 Å². The maximum Gasteiger partial charge on any atom is 0.141 e. The van der Waals surface area contributed by atoms with E-state index in [-0.39, 0.29) is 5.75 Å². The fourth-order valence-corrected chi connectivity index (χ4v) is 2.30. The van der Waals surface area contributed by atoms with Crippen LogP contribution in [-0.4, -0.2) is 16.7 Å². The van der Waals surface area contributed by atoms with E-state index in [0.29, 0.717) is 12.1 Å². The number of phenolic OH excluding ortho intramolecular Hbond substituents is 1. The number of nitrogens with zero attached hydrogens (tertiary/aromatic N) is 1. The average Bonchev–Trinajstić information content (AvgIpc) is 2.45. The summed E-state index contributed by atoms with van der Waals surface area (Å²) in [7, 11) is 0. The molecule has 0 aliphatic rings. The zero-order valence-electron chi connectivity index (χ0n) is 12.4. The molecule has 0 bridgehead atoms. The van der Waals surface area contributed by atoms with Gasteiger partial charge >= 0.3 is 0 Å². The van der Waals surface area contributed by atoms with Crippen LogP contribution < -0.4 is 0 Å². The Kier molecular flexibility index (Phi) is 5.36. The number of rotatable bonds is 7. The number of pyridine rings is 1. The van der Waals surface area contributed by atoms with Gasteiger partial charge in [0, 0.05) is 17.7 Å². The van der Waals surface area contributed by atoms with Gasteiger partial charge in [-0.1, -0.05) is 38.3 Å². The van der Waals surface area contributed by atoms with E-state index in [1.807, 2.05) is 25.1 Å². The van der Waals surface area contributed by atoms with Crippen LogP contribution in [-0.2, 0) is 11.3 Å². The molecule has 108 valence electrons. The number of ether oxygens (including phenoxy) is 1. The van der Waals surface area contributed by atoms with Crippen molar-refractivity contribution in [1.82, 2.24) is 4.98 Å². The van der Waals surface area contributed by atoms with Crippen LogP contribution in [0.4, 0.5) is 0 Å². The summed E-state index contributed by atoms with van der Waals surface area (Å²) in [5, 5.41) is 10.9. The molecule has 2 rings (SSSR count). The van der Waals surface area contributed by atoms with E-state index < -0.39 is 0 Å². The smallest absolute Gasteiger partial charge is 0.141 e.